The van der Waals surface area contributed by atoms with Crippen LogP contribution in [-0.2, 0) is 4.79 Å². The fourth-order valence-electron chi connectivity index (χ4n) is 1.48. The normalized spacial score (nSPS) is 18.4. The third-order valence-electron chi connectivity index (χ3n) is 2.12. The zero-order valence-corrected chi connectivity index (χ0v) is 7.86. The zero-order valence-electron chi connectivity index (χ0n) is 7.86. The summed E-state index contributed by atoms with van der Waals surface area (Å²) in [6.07, 6.45) is 2.17. The molecular formula is C8H16N4O. The van der Waals surface area contributed by atoms with Gasteiger partial charge in [-0.1, -0.05) is 0 Å². The standard InChI is InChI=1S/C8H16N4O/c1-6(11-8(9)10)7(13)12-4-2-3-5-12/h6H,2-5H2,1H3,(H4,9,10,11). The number of carbonyl (C=O) groups excluding carboxylic acids is 1. The molecule has 0 radical (unpaired) electrons. The molecule has 1 unspecified atom stereocenters. The fraction of sp³-hybridized carbons (Fsp3) is 0.750. The smallest absolute Gasteiger partial charge is 0.247 e. The van der Waals surface area contributed by atoms with Gasteiger partial charge in [0.2, 0.25) is 5.91 Å². The van der Waals surface area contributed by atoms with Crippen molar-refractivity contribution in [1.29, 1.82) is 0 Å². The van der Waals surface area contributed by atoms with Gasteiger partial charge in [0.05, 0.1) is 0 Å². The highest BCUT2D eigenvalue weighted by Crippen LogP contribution is 2.09. The molecule has 1 rings (SSSR count). The Morgan fingerprint density at radius 3 is 2.38 bits per heavy atom. The van der Waals surface area contributed by atoms with Gasteiger partial charge in [0.25, 0.3) is 0 Å². The van der Waals surface area contributed by atoms with Crippen molar-refractivity contribution in [2.24, 2.45) is 16.5 Å². The number of hydrogen-bond donors (Lipinski definition) is 2. The lowest BCUT2D eigenvalue weighted by Crippen LogP contribution is -2.37. The number of aliphatic imine (C=N–C) groups is 1. The maximum atomic E-state index is 11.6. The van der Waals surface area contributed by atoms with Crippen LogP contribution in [0, 0.1) is 0 Å². The molecule has 5 heteroatoms. The number of nitrogens with two attached hydrogens (primary N) is 2. The van der Waals surface area contributed by atoms with Crippen molar-refractivity contribution in [2.45, 2.75) is 25.8 Å². The highest BCUT2D eigenvalue weighted by Gasteiger charge is 2.22. The number of nitrogens with zero attached hydrogens (tertiary/aromatic N) is 2. The van der Waals surface area contributed by atoms with Crippen LogP contribution >= 0.6 is 0 Å². The van der Waals surface area contributed by atoms with Crippen molar-refractivity contribution in [2.75, 3.05) is 13.1 Å². The summed E-state index contributed by atoms with van der Waals surface area (Å²) in [4.78, 5) is 17.2. The second-order valence-electron chi connectivity index (χ2n) is 3.26. The first-order valence-electron chi connectivity index (χ1n) is 4.49. The first-order chi connectivity index (χ1) is 6.11. The Morgan fingerprint density at radius 1 is 1.38 bits per heavy atom. The Labute approximate surface area is 77.8 Å². The summed E-state index contributed by atoms with van der Waals surface area (Å²) in [5.74, 6) is -0.00838. The Bertz CT molecular complexity index is 216. The molecule has 0 aromatic rings. The van der Waals surface area contributed by atoms with Gasteiger partial charge in [-0.3, -0.25) is 4.79 Å². The summed E-state index contributed by atoms with van der Waals surface area (Å²) in [7, 11) is 0. The van der Waals surface area contributed by atoms with E-state index in [1.54, 1.807) is 11.8 Å². The molecule has 0 aromatic carbocycles. The Balaban J connectivity index is 2.51. The lowest BCUT2D eigenvalue weighted by Gasteiger charge is -2.17. The third kappa shape index (κ3) is 2.61. The Morgan fingerprint density at radius 2 is 1.92 bits per heavy atom. The molecule has 0 bridgehead atoms. The number of hydrogen-bond acceptors (Lipinski definition) is 2. The quantitative estimate of drug-likeness (QED) is 0.438. The van der Waals surface area contributed by atoms with Gasteiger partial charge >= 0.3 is 0 Å². The van der Waals surface area contributed by atoms with Gasteiger partial charge in [0.15, 0.2) is 5.96 Å². The van der Waals surface area contributed by atoms with Gasteiger partial charge in [0, 0.05) is 13.1 Å². The van der Waals surface area contributed by atoms with Gasteiger partial charge in [0.1, 0.15) is 6.04 Å². The molecule has 1 amide bonds. The summed E-state index contributed by atoms with van der Waals surface area (Å²) >= 11 is 0. The number of guanidine groups is 1. The molecule has 1 heterocycles. The molecule has 4 N–H and O–H groups in total. The van der Waals surface area contributed by atoms with Gasteiger partial charge < -0.3 is 16.4 Å². The van der Waals surface area contributed by atoms with Crippen molar-refractivity contribution >= 4 is 11.9 Å². The zero-order chi connectivity index (χ0) is 9.84. The molecule has 1 aliphatic rings. The minimum atomic E-state index is -0.442. The van der Waals surface area contributed by atoms with Crippen LogP contribution in [0.25, 0.3) is 0 Å². The topological polar surface area (TPSA) is 84.7 Å². The fourth-order valence-corrected chi connectivity index (χ4v) is 1.48. The molecular weight excluding hydrogens is 168 g/mol. The molecule has 0 aromatic heterocycles. The average molecular weight is 184 g/mol. The van der Waals surface area contributed by atoms with Crippen LogP contribution in [0.15, 0.2) is 4.99 Å². The van der Waals surface area contributed by atoms with Gasteiger partial charge in [-0.2, -0.15) is 0 Å². The number of carbonyl (C=O) groups is 1. The van der Waals surface area contributed by atoms with E-state index in [1.165, 1.54) is 0 Å². The summed E-state index contributed by atoms with van der Waals surface area (Å²) in [5.41, 5.74) is 10.4. The van der Waals surface area contributed by atoms with Gasteiger partial charge in [-0.15, -0.1) is 0 Å². The first-order valence-corrected chi connectivity index (χ1v) is 4.49. The molecule has 5 nitrogen and oxygen atoms in total. The predicted molar refractivity (Wildman–Crippen MR) is 51.1 cm³/mol. The van der Waals surface area contributed by atoms with Crippen molar-refractivity contribution in [3.63, 3.8) is 0 Å². The molecule has 1 atom stereocenters. The average Bonchev–Trinajstić information content (AvgIpc) is 2.53. The third-order valence-corrected chi connectivity index (χ3v) is 2.12. The predicted octanol–water partition coefficient (Wildman–Crippen LogP) is -0.729. The van der Waals surface area contributed by atoms with Gasteiger partial charge in [-0.25, -0.2) is 4.99 Å². The molecule has 1 aliphatic heterocycles. The van der Waals surface area contributed by atoms with E-state index in [-0.39, 0.29) is 11.9 Å². The summed E-state index contributed by atoms with van der Waals surface area (Å²) in [5, 5.41) is 0. The molecule has 0 aliphatic carbocycles. The van der Waals surface area contributed by atoms with Crippen LogP contribution < -0.4 is 11.5 Å². The lowest BCUT2D eigenvalue weighted by molar-refractivity contribution is -0.131. The van der Waals surface area contributed by atoms with Crippen molar-refractivity contribution in [1.82, 2.24) is 4.90 Å². The van der Waals surface area contributed by atoms with E-state index in [4.69, 9.17) is 11.5 Å². The highest BCUT2D eigenvalue weighted by molar-refractivity contribution is 5.85. The summed E-state index contributed by atoms with van der Waals surface area (Å²) in [6.45, 7) is 3.38. The molecule has 13 heavy (non-hydrogen) atoms. The number of rotatable bonds is 2. The van der Waals surface area contributed by atoms with E-state index in [9.17, 15) is 4.79 Å². The Kier molecular flexibility index (Phi) is 3.11. The lowest BCUT2D eigenvalue weighted by atomic mass is 10.3. The van der Waals surface area contributed by atoms with Gasteiger partial charge in [-0.05, 0) is 19.8 Å². The van der Waals surface area contributed by atoms with Crippen molar-refractivity contribution in [3.05, 3.63) is 0 Å². The summed E-state index contributed by atoms with van der Waals surface area (Å²) < 4.78 is 0. The van der Waals surface area contributed by atoms with Crippen LogP contribution in [0.3, 0.4) is 0 Å². The highest BCUT2D eigenvalue weighted by atomic mass is 16.2. The van der Waals surface area contributed by atoms with Crippen LogP contribution in [0.4, 0.5) is 0 Å². The second kappa shape index (κ2) is 4.11. The first kappa shape index (κ1) is 9.83. The van der Waals surface area contributed by atoms with E-state index >= 15 is 0 Å². The van der Waals surface area contributed by atoms with Crippen LogP contribution in [0.5, 0.6) is 0 Å². The van der Waals surface area contributed by atoms with E-state index in [0.29, 0.717) is 0 Å². The Hall–Kier alpha value is -1.26. The van der Waals surface area contributed by atoms with Crippen LogP contribution in [0.2, 0.25) is 0 Å². The minimum Gasteiger partial charge on any atom is -0.370 e. The van der Waals surface area contributed by atoms with Crippen molar-refractivity contribution < 1.29 is 4.79 Å². The van der Waals surface area contributed by atoms with E-state index in [1.807, 2.05) is 0 Å². The van der Waals surface area contributed by atoms with E-state index in [2.05, 4.69) is 4.99 Å². The molecule has 1 fully saturated rings. The maximum absolute atomic E-state index is 11.6. The number of likely N-dealkylation sites (tertiary alicyclic amines) is 1. The van der Waals surface area contributed by atoms with Crippen LogP contribution in [0.1, 0.15) is 19.8 Å². The molecule has 0 spiro atoms. The van der Waals surface area contributed by atoms with Crippen LogP contribution in [-0.4, -0.2) is 35.9 Å². The summed E-state index contributed by atoms with van der Waals surface area (Å²) in [6, 6.07) is -0.442. The minimum absolute atomic E-state index is 0.0194. The number of amides is 1. The van der Waals surface area contributed by atoms with Crippen molar-refractivity contribution in [3.8, 4) is 0 Å². The second-order valence-corrected chi connectivity index (χ2v) is 3.26. The monoisotopic (exact) mass is 184 g/mol. The SMILES string of the molecule is CC(N=C(N)N)C(=O)N1CCCC1. The molecule has 0 saturated carbocycles. The van der Waals surface area contributed by atoms with E-state index in [0.717, 1.165) is 25.9 Å². The molecule has 1 saturated heterocycles. The largest absolute Gasteiger partial charge is 0.370 e. The maximum Gasteiger partial charge on any atom is 0.247 e. The molecule has 74 valence electrons. The van der Waals surface area contributed by atoms with E-state index < -0.39 is 6.04 Å².